The number of nitrogens with one attached hydrogen (secondary N) is 2. The standard InChI is InChI=1S/C14H25N3S/c1-4-5-6-8-16-14(15-3)17-10-12(2)13-7-9-18-11-13/h7,9,11-12H,4-6,8,10H2,1-3H3,(H2,15,16,17). The van der Waals surface area contributed by atoms with E-state index in [1.54, 1.807) is 11.3 Å². The van der Waals surface area contributed by atoms with Crippen LogP contribution >= 0.6 is 11.3 Å². The third-order valence-corrected chi connectivity index (χ3v) is 3.69. The maximum absolute atomic E-state index is 4.24. The second-order valence-electron chi connectivity index (χ2n) is 4.54. The molecule has 1 aromatic heterocycles. The molecule has 0 aliphatic heterocycles. The first-order valence-corrected chi connectivity index (χ1v) is 7.68. The van der Waals surface area contributed by atoms with E-state index in [1.807, 2.05) is 7.05 Å². The number of nitrogens with zero attached hydrogens (tertiary/aromatic N) is 1. The normalized spacial score (nSPS) is 13.4. The Kier molecular flexibility index (Phi) is 7.49. The Morgan fingerprint density at radius 3 is 2.83 bits per heavy atom. The number of unbranched alkanes of at least 4 members (excludes halogenated alkanes) is 2. The predicted molar refractivity (Wildman–Crippen MR) is 81.6 cm³/mol. The number of rotatable bonds is 7. The summed E-state index contributed by atoms with van der Waals surface area (Å²) < 4.78 is 0. The van der Waals surface area contributed by atoms with E-state index >= 15 is 0 Å². The molecular formula is C14H25N3S. The highest BCUT2D eigenvalue weighted by molar-refractivity contribution is 7.07. The van der Waals surface area contributed by atoms with Crippen molar-refractivity contribution >= 4 is 17.3 Å². The molecule has 1 aromatic rings. The molecule has 1 unspecified atom stereocenters. The molecule has 1 heterocycles. The van der Waals surface area contributed by atoms with Gasteiger partial charge in [-0.2, -0.15) is 11.3 Å². The minimum absolute atomic E-state index is 0.519. The van der Waals surface area contributed by atoms with Crippen LogP contribution in [0.15, 0.2) is 21.8 Å². The van der Waals surface area contributed by atoms with Gasteiger partial charge in [-0.15, -0.1) is 0 Å². The van der Waals surface area contributed by atoms with E-state index in [0.717, 1.165) is 19.0 Å². The van der Waals surface area contributed by atoms with Crippen molar-refractivity contribution in [3.63, 3.8) is 0 Å². The molecule has 0 radical (unpaired) electrons. The van der Waals surface area contributed by atoms with Crippen LogP contribution in [0.1, 0.15) is 44.6 Å². The summed E-state index contributed by atoms with van der Waals surface area (Å²) in [6.07, 6.45) is 3.73. The zero-order chi connectivity index (χ0) is 13.2. The van der Waals surface area contributed by atoms with Crippen LogP contribution < -0.4 is 10.6 Å². The SMILES string of the molecule is CCCCCNC(=NC)NCC(C)c1ccsc1. The smallest absolute Gasteiger partial charge is 0.190 e. The molecule has 0 bridgehead atoms. The number of hydrogen-bond acceptors (Lipinski definition) is 2. The van der Waals surface area contributed by atoms with Crippen LogP contribution in [0.3, 0.4) is 0 Å². The monoisotopic (exact) mass is 267 g/mol. The number of thiophene rings is 1. The average molecular weight is 267 g/mol. The third-order valence-electron chi connectivity index (χ3n) is 2.98. The summed E-state index contributed by atoms with van der Waals surface area (Å²) in [5.41, 5.74) is 1.40. The van der Waals surface area contributed by atoms with Gasteiger partial charge in [0.05, 0.1) is 0 Å². The van der Waals surface area contributed by atoms with E-state index in [9.17, 15) is 0 Å². The van der Waals surface area contributed by atoms with E-state index in [-0.39, 0.29) is 0 Å². The third kappa shape index (κ3) is 5.54. The van der Waals surface area contributed by atoms with Crippen molar-refractivity contribution in [2.24, 2.45) is 4.99 Å². The van der Waals surface area contributed by atoms with E-state index in [1.165, 1.54) is 24.8 Å². The molecule has 0 fully saturated rings. The van der Waals surface area contributed by atoms with Gasteiger partial charge in [-0.3, -0.25) is 4.99 Å². The van der Waals surface area contributed by atoms with Crippen molar-refractivity contribution in [2.75, 3.05) is 20.1 Å². The lowest BCUT2D eigenvalue weighted by Gasteiger charge is -2.15. The van der Waals surface area contributed by atoms with Crippen molar-refractivity contribution in [1.82, 2.24) is 10.6 Å². The Bertz CT molecular complexity index is 333. The summed E-state index contributed by atoms with van der Waals surface area (Å²) in [7, 11) is 1.82. The second-order valence-corrected chi connectivity index (χ2v) is 5.32. The molecule has 2 N–H and O–H groups in total. The van der Waals surface area contributed by atoms with Gasteiger partial charge in [0.1, 0.15) is 0 Å². The van der Waals surface area contributed by atoms with Gasteiger partial charge in [-0.25, -0.2) is 0 Å². The number of hydrogen-bond donors (Lipinski definition) is 2. The summed E-state index contributed by atoms with van der Waals surface area (Å²) in [4.78, 5) is 4.24. The van der Waals surface area contributed by atoms with Crippen LogP contribution in [0.25, 0.3) is 0 Å². The topological polar surface area (TPSA) is 36.4 Å². The molecule has 102 valence electrons. The number of guanidine groups is 1. The second kappa shape index (κ2) is 8.97. The molecule has 0 spiro atoms. The van der Waals surface area contributed by atoms with E-state index in [4.69, 9.17) is 0 Å². The lowest BCUT2D eigenvalue weighted by Crippen LogP contribution is -2.39. The Morgan fingerprint density at radius 1 is 1.39 bits per heavy atom. The molecule has 0 aromatic carbocycles. The maximum Gasteiger partial charge on any atom is 0.190 e. The number of aliphatic imine (C=N–C) groups is 1. The van der Waals surface area contributed by atoms with E-state index < -0.39 is 0 Å². The van der Waals surface area contributed by atoms with Gasteiger partial charge < -0.3 is 10.6 Å². The van der Waals surface area contributed by atoms with Gasteiger partial charge in [0.25, 0.3) is 0 Å². The molecule has 3 nitrogen and oxygen atoms in total. The molecule has 18 heavy (non-hydrogen) atoms. The van der Waals surface area contributed by atoms with Crippen LogP contribution in [-0.2, 0) is 0 Å². The Labute approximate surface area is 115 Å². The van der Waals surface area contributed by atoms with Gasteiger partial charge in [-0.1, -0.05) is 26.7 Å². The summed E-state index contributed by atoms with van der Waals surface area (Å²) in [5, 5.41) is 11.1. The molecule has 1 atom stereocenters. The van der Waals surface area contributed by atoms with Crippen molar-refractivity contribution in [1.29, 1.82) is 0 Å². The average Bonchev–Trinajstić information content (AvgIpc) is 2.91. The summed E-state index contributed by atoms with van der Waals surface area (Å²) in [5.74, 6) is 1.43. The van der Waals surface area contributed by atoms with E-state index in [2.05, 4.69) is 46.3 Å². The summed E-state index contributed by atoms with van der Waals surface area (Å²) >= 11 is 1.75. The largest absolute Gasteiger partial charge is 0.356 e. The summed E-state index contributed by atoms with van der Waals surface area (Å²) in [6, 6.07) is 2.19. The molecule has 0 aliphatic carbocycles. The minimum Gasteiger partial charge on any atom is -0.356 e. The maximum atomic E-state index is 4.24. The lowest BCUT2D eigenvalue weighted by molar-refractivity contribution is 0.666. The van der Waals surface area contributed by atoms with Gasteiger partial charge in [0, 0.05) is 20.1 Å². The van der Waals surface area contributed by atoms with Crippen molar-refractivity contribution in [2.45, 2.75) is 39.0 Å². The highest BCUT2D eigenvalue weighted by Crippen LogP contribution is 2.16. The zero-order valence-electron chi connectivity index (χ0n) is 11.7. The highest BCUT2D eigenvalue weighted by atomic mass is 32.1. The van der Waals surface area contributed by atoms with Crippen LogP contribution in [0.2, 0.25) is 0 Å². The van der Waals surface area contributed by atoms with Crippen LogP contribution in [0.5, 0.6) is 0 Å². The molecule has 4 heteroatoms. The molecular weight excluding hydrogens is 242 g/mol. The highest BCUT2D eigenvalue weighted by Gasteiger charge is 2.06. The fraction of sp³-hybridized carbons (Fsp3) is 0.643. The molecule has 0 amide bonds. The Balaban J connectivity index is 2.23. The summed E-state index contributed by atoms with van der Waals surface area (Å²) in [6.45, 7) is 6.37. The van der Waals surface area contributed by atoms with E-state index in [0.29, 0.717) is 5.92 Å². The Hall–Kier alpha value is -1.03. The van der Waals surface area contributed by atoms with Crippen LogP contribution in [-0.4, -0.2) is 26.1 Å². The first-order valence-electron chi connectivity index (χ1n) is 6.74. The minimum atomic E-state index is 0.519. The van der Waals surface area contributed by atoms with Crippen molar-refractivity contribution in [3.8, 4) is 0 Å². The molecule has 0 saturated carbocycles. The predicted octanol–water partition coefficient (Wildman–Crippen LogP) is 3.21. The van der Waals surface area contributed by atoms with Crippen LogP contribution in [0, 0.1) is 0 Å². The van der Waals surface area contributed by atoms with Gasteiger partial charge in [-0.05, 0) is 34.7 Å². The fourth-order valence-corrected chi connectivity index (χ4v) is 2.51. The quantitative estimate of drug-likeness (QED) is 0.452. The van der Waals surface area contributed by atoms with Crippen LogP contribution in [0.4, 0.5) is 0 Å². The zero-order valence-corrected chi connectivity index (χ0v) is 12.5. The fourth-order valence-electron chi connectivity index (χ4n) is 1.73. The molecule has 0 saturated heterocycles. The van der Waals surface area contributed by atoms with Gasteiger partial charge in [0.15, 0.2) is 5.96 Å². The Morgan fingerprint density at radius 2 is 2.22 bits per heavy atom. The molecule has 1 rings (SSSR count). The van der Waals surface area contributed by atoms with Gasteiger partial charge >= 0.3 is 0 Å². The van der Waals surface area contributed by atoms with Gasteiger partial charge in [0.2, 0.25) is 0 Å². The molecule has 0 aliphatic rings. The first-order chi connectivity index (χ1) is 8.77. The van der Waals surface area contributed by atoms with Crippen molar-refractivity contribution in [3.05, 3.63) is 22.4 Å². The lowest BCUT2D eigenvalue weighted by atomic mass is 10.1. The first kappa shape index (κ1) is 15.0. The van der Waals surface area contributed by atoms with Crippen molar-refractivity contribution < 1.29 is 0 Å².